The molecule has 5 heteroatoms. The highest BCUT2D eigenvalue weighted by Crippen LogP contribution is 2.41. The van der Waals surface area contributed by atoms with Crippen molar-refractivity contribution in [3.8, 4) is 0 Å². The zero-order valence-electron chi connectivity index (χ0n) is 9.76. The summed E-state index contributed by atoms with van der Waals surface area (Å²) in [5.41, 5.74) is 0.608. The number of hydrogen-bond acceptors (Lipinski definition) is 4. The number of carboxylic acid groups (broad SMARTS) is 1. The van der Waals surface area contributed by atoms with Crippen LogP contribution >= 0.6 is 0 Å². The minimum Gasteiger partial charge on any atom is -0.475 e. The zero-order chi connectivity index (χ0) is 12.5. The Kier molecular flexibility index (Phi) is 2.66. The standard InChI is InChI=1S/C13H13NO4/c15-13(16)12-11(8-3-4-8)14-10(18-12)6-5-9-2-1-7-17-9/h1-2,7-8H,3-6H2,(H,15,16). The molecule has 1 aliphatic rings. The van der Waals surface area contributed by atoms with Gasteiger partial charge in [-0.1, -0.05) is 0 Å². The van der Waals surface area contributed by atoms with Crippen LogP contribution in [0.4, 0.5) is 0 Å². The Morgan fingerprint density at radius 1 is 1.44 bits per heavy atom. The van der Waals surface area contributed by atoms with E-state index in [1.54, 1.807) is 6.26 Å². The summed E-state index contributed by atoms with van der Waals surface area (Å²) >= 11 is 0. The lowest BCUT2D eigenvalue weighted by atomic mass is 10.2. The number of aryl methyl sites for hydroxylation is 2. The number of carbonyl (C=O) groups is 1. The summed E-state index contributed by atoms with van der Waals surface area (Å²) in [4.78, 5) is 15.4. The molecule has 5 nitrogen and oxygen atoms in total. The summed E-state index contributed by atoms with van der Waals surface area (Å²) in [5.74, 6) is 0.571. The second kappa shape index (κ2) is 4.33. The quantitative estimate of drug-likeness (QED) is 0.878. The van der Waals surface area contributed by atoms with E-state index in [1.807, 2.05) is 12.1 Å². The van der Waals surface area contributed by atoms with Crippen LogP contribution in [-0.4, -0.2) is 16.1 Å². The van der Waals surface area contributed by atoms with Crippen molar-refractivity contribution in [2.45, 2.75) is 31.6 Å². The van der Waals surface area contributed by atoms with Crippen LogP contribution in [0.3, 0.4) is 0 Å². The van der Waals surface area contributed by atoms with Crippen LogP contribution in [0.1, 0.15) is 46.7 Å². The third-order valence-electron chi connectivity index (χ3n) is 3.02. The van der Waals surface area contributed by atoms with Gasteiger partial charge in [0.15, 0.2) is 5.89 Å². The molecule has 1 N–H and O–H groups in total. The molecule has 0 radical (unpaired) electrons. The highest BCUT2D eigenvalue weighted by molar-refractivity contribution is 5.85. The molecular formula is C13H13NO4. The number of furan rings is 1. The van der Waals surface area contributed by atoms with Crippen LogP contribution in [0.15, 0.2) is 27.2 Å². The summed E-state index contributed by atoms with van der Waals surface area (Å²) in [6.45, 7) is 0. The molecule has 3 rings (SSSR count). The summed E-state index contributed by atoms with van der Waals surface area (Å²) in [6.07, 6.45) is 4.84. The molecule has 0 unspecified atom stereocenters. The lowest BCUT2D eigenvalue weighted by Gasteiger charge is -1.92. The first-order chi connectivity index (χ1) is 8.74. The predicted molar refractivity (Wildman–Crippen MR) is 61.6 cm³/mol. The summed E-state index contributed by atoms with van der Waals surface area (Å²) in [7, 11) is 0. The number of rotatable bonds is 5. The van der Waals surface area contributed by atoms with Gasteiger partial charge in [-0.25, -0.2) is 9.78 Å². The summed E-state index contributed by atoms with van der Waals surface area (Å²) < 4.78 is 10.5. The van der Waals surface area contributed by atoms with Crippen molar-refractivity contribution in [2.75, 3.05) is 0 Å². The molecule has 2 heterocycles. The van der Waals surface area contributed by atoms with Crippen LogP contribution in [0.25, 0.3) is 0 Å². The maximum Gasteiger partial charge on any atom is 0.373 e. The van der Waals surface area contributed by atoms with E-state index in [1.165, 1.54) is 0 Å². The van der Waals surface area contributed by atoms with Crippen LogP contribution < -0.4 is 0 Å². The third kappa shape index (κ3) is 2.16. The minimum atomic E-state index is -1.03. The van der Waals surface area contributed by atoms with Crippen LogP contribution in [0.5, 0.6) is 0 Å². The van der Waals surface area contributed by atoms with Crippen molar-refractivity contribution in [3.05, 3.63) is 41.5 Å². The van der Waals surface area contributed by atoms with Gasteiger partial charge in [-0.05, 0) is 25.0 Å². The van der Waals surface area contributed by atoms with Gasteiger partial charge in [-0.2, -0.15) is 0 Å². The highest BCUT2D eigenvalue weighted by Gasteiger charge is 2.33. The fourth-order valence-electron chi connectivity index (χ4n) is 1.96. The monoisotopic (exact) mass is 247 g/mol. The topological polar surface area (TPSA) is 76.5 Å². The normalized spacial score (nSPS) is 14.9. The Morgan fingerprint density at radius 2 is 2.28 bits per heavy atom. The Labute approximate surface area is 103 Å². The molecule has 94 valence electrons. The van der Waals surface area contributed by atoms with Crippen molar-refractivity contribution in [2.24, 2.45) is 0 Å². The Balaban J connectivity index is 1.76. The van der Waals surface area contributed by atoms with E-state index in [4.69, 9.17) is 13.9 Å². The molecule has 0 spiro atoms. The fraction of sp³-hybridized carbons (Fsp3) is 0.385. The molecule has 0 aromatic carbocycles. The van der Waals surface area contributed by atoms with Gasteiger partial charge in [-0.3, -0.25) is 0 Å². The number of aromatic carboxylic acids is 1. The van der Waals surface area contributed by atoms with Crippen LogP contribution in [0.2, 0.25) is 0 Å². The van der Waals surface area contributed by atoms with E-state index in [2.05, 4.69) is 4.98 Å². The number of oxazole rings is 1. The lowest BCUT2D eigenvalue weighted by molar-refractivity contribution is 0.0658. The molecule has 0 bridgehead atoms. The second-order valence-electron chi connectivity index (χ2n) is 4.48. The Morgan fingerprint density at radius 3 is 2.89 bits per heavy atom. The number of nitrogens with zero attached hydrogens (tertiary/aromatic N) is 1. The first kappa shape index (κ1) is 11.1. The Hall–Kier alpha value is -2.04. The number of aromatic nitrogens is 1. The molecule has 2 aromatic rings. The third-order valence-corrected chi connectivity index (χ3v) is 3.02. The molecule has 0 amide bonds. The first-order valence-corrected chi connectivity index (χ1v) is 5.99. The van der Waals surface area contributed by atoms with Crippen LogP contribution in [0, 0.1) is 0 Å². The van der Waals surface area contributed by atoms with E-state index >= 15 is 0 Å². The van der Waals surface area contributed by atoms with Gasteiger partial charge in [-0.15, -0.1) is 0 Å². The molecule has 1 fully saturated rings. The van der Waals surface area contributed by atoms with Gasteiger partial charge in [0.25, 0.3) is 0 Å². The van der Waals surface area contributed by atoms with Crippen molar-refractivity contribution in [1.82, 2.24) is 4.98 Å². The molecule has 2 aromatic heterocycles. The van der Waals surface area contributed by atoms with Gasteiger partial charge < -0.3 is 13.9 Å². The molecule has 0 aliphatic heterocycles. The predicted octanol–water partition coefficient (Wildman–Crippen LogP) is 2.63. The van der Waals surface area contributed by atoms with E-state index in [9.17, 15) is 4.79 Å². The SMILES string of the molecule is O=C(O)c1oc(CCc2ccco2)nc1C1CC1. The van der Waals surface area contributed by atoms with Gasteiger partial charge >= 0.3 is 5.97 Å². The minimum absolute atomic E-state index is 0.00643. The molecular weight excluding hydrogens is 234 g/mol. The molecule has 0 saturated heterocycles. The van der Waals surface area contributed by atoms with Gasteiger partial charge in [0.2, 0.25) is 5.76 Å². The Bertz CT molecular complexity index is 552. The first-order valence-electron chi connectivity index (χ1n) is 5.99. The highest BCUT2D eigenvalue weighted by atomic mass is 16.4. The van der Waals surface area contributed by atoms with Crippen molar-refractivity contribution in [1.29, 1.82) is 0 Å². The van der Waals surface area contributed by atoms with Gasteiger partial charge in [0.05, 0.1) is 12.0 Å². The molecule has 0 atom stereocenters. The average Bonchev–Trinajstić information content (AvgIpc) is 2.91. The maximum absolute atomic E-state index is 11.0. The zero-order valence-corrected chi connectivity index (χ0v) is 9.76. The molecule has 1 aliphatic carbocycles. The van der Waals surface area contributed by atoms with Gasteiger partial charge in [0.1, 0.15) is 5.76 Å². The van der Waals surface area contributed by atoms with Crippen molar-refractivity contribution < 1.29 is 18.7 Å². The van der Waals surface area contributed by atoms with Crippen LogP contribution in [-0.2, 0) is 12.8 Å². The van der Waals surface area contributed by atoms with E-state index in [0.29, 0.717) is 24.4 Å². The largest absolute Gasteiger partial charge is 0.475 e. The van der Waals surface area contributed by atoms with E-state index < -0.39 is 5.97 Å². The fourth-order valence-corrected chi connectivity index (χ4v) is 1.96. The van der Waals surface area contributed by atoms with E-state index in [-0.39, 0.29) is 11.7 Å². The second-order valence-corrected chi connectivity index (χ2v) is 4.48. The van der Waals surface area contributed by atoms with Crippen molar-refractivity contribution >= 4 is 5.97 Å². The molecule has 18 heavy (non-hydrogen) atoms. The average molecular weight is 247 g/mol. The maximum atomic E-state index is 11.0. The molecule has 1 saturated carbocycles. The smallest absolute Gasteiger partial charge is 0.373 e. The van der Waals surface area contributed by atoms with Crippen molar-refractivity contribution in [3.63, 3.8) is 0 Å². The van der Waals surface area contributed by atoms with Gasteiger partial charge in [0, 0.05) is 18.8 Å². The summed E-state index contributed by atoms with van der Waals surface area (Å²) in [5, 5.41) is 9.06. The number of carboxylic acids is 1. The number of hydrogen-bond donors (Lipinski definition) is 1. The summed E-state index contributed by atoms with van der Waals surface area (Å²) in [6, 6.07) is 3.70. The lowest BCUT2D eigenvalue weighted by Crippen LogP contribution is -1.98. The van der Waals surface area contributed by atoms with E-state index in [0.717, 1.165) is 18.6 Å².